The van der Waals surface area contributed by atoms with Crippen molar-refractivity contribution in [1.82, 2.24) is 20.4 Å². The summed E-state index contributed by atoms with van der Waals surface area (Å²) in [6, 6.07) is 0. The van der Waals surface area contributed by atoms with Crippen LogP contribution in [0, 0.1) is 14.8 Å². The van der Waals surface area contributed by atoms with Crippen molar-refractivity contribution in [1.29, 1.82) is 0 Å². The largest absolute Gasteiger partial charge is 0.257 e. The van der Waals surface area contributed by atoms with Crippen LogP contribution in [0.5, 0.6) is 0 Å². The van der Waals surface area contributed by atoms with Crippen molar-refractivity contribution < 1.29 is 0 Å². The van der Waals surface area contributed by atoms with Crippen LogP contribution < -0.4 is 0 Å². The highest BCUT2D eigenvalue weighted by molar-refractivity contribution is 8.05. The van der Waals surface area contributed by atoms with Gasteiger partial charge >= 0.3 is 0 Å². The van der Waals surface area contributed by atoms with Gasteiger partial charge in [0.1, 0.15) is 0 Å². The fraction of sp³-hybridized carbons (Fsp3) is 0.286. The number of hydrogen-bond acceptors (Lipinski definition) is 8. The molecule has 2 radical (unpaired) electrons. The summed E-state index contributed by atoms with van der Waals surface area (Å²) in [4.78, 5) is 0. The first-order valence-corrected chi connectivity index (χ1v) is 8.61. The molecule has 2 aromatic heterocycles. The van der Waals surface area contributed by atoms with Crippen LogP contribution in [0.4, 0.5) is 0 Å². The predicted octanol–water partition coefficient (Wildman–Crippen LogP) is 3.68. The molecule has 17 heavy (non-hydrogen) atoms. The molecule has 2 heterocycles. The maximum absolute atomic E-state index is 5.97. The molecule has 2 aromatic rings. The Kier molecular flexibility index (Phi) is 5.18. The van der Waals surface area contributed by atoms with E-state index in [0.717, 1.165) is 14.4 Å². The van der Waals surface area contributed by atoms with Gasteiger partial charge in [0, 0.05) is 11.0 Å². The number of aromatic nitrogens is 4. The minimum absolute atomic E-state index is 0.0496. The maximum atomic E-state index is 5.97. The molecule has 0 saturated carbocycles. The molecule has 0 fully saturated rings. The molecule has 0 aliphatic carbocycles. The first-order valence-electron chi connectivity index (χ1n) is 4.29. The minimum atomic E-state index is -0.0496. The third kappa shape index (κ3) is 4.45. The van der Waals surface area contributed by atoms with Crippen molar-refractivity contribution >= 4 is 70.6 Å². The van der Waals surface area contributed by atoms with Gasteiger partial charge in [-0.15, -0.1) is 0 Å². The second kappa shape index (κ2) is 6.43. The molecule has 0 aromatic carbocycles. The van der Waals surface area contributed by atoms with E-state index in [1.165, 1.54) is 34.4 Å². The fourth-order valence-corrected chi connectivity index (χ4v) is 5.18. The summed E-state index contributed by atoms with van der Waals surface area (Å²) in [5, 5.41) is 13.5. The fourth-order valence-electron chi connectivity index (χ4n) is 0.862. The van der Waals surface area contributed by atoms with Crippen molar-refractivity contribution in [3.63, 3.8) is 0 Å². The summed E-state index contributed by atoms with van der Waals surface area (Å²) >= 11 is 15.8. The smallest absolute Gasteiger partial charge is 0.177 e. The van der Waals surface area contributed by atoms with E-state index in [1.807, 2.05) is 0 Å². The van der Waals surface area contributed by atoms with Gasteiger partial charge in [-0.05, 0) is 31.4 Å². The normalized spacial score (nSPS) is 12.8. The third-order valence-corrected chi connectivity index (χ3v) is 6.21. The SMILES string of the molecule is [CH]C(CSc1n[nH]c(=S)s1)Sc1n[nH]c(=S)s1. The zero-order valence-electron chi connectivity index (χ0n) is 8.21. The molecule has 1 atom stereocenters. The zero-order valence-corrected chi connectivity index (χ0v) is 13.1. The van der Waals surface area contributed by atoms with Crippen LogP contribution >= 0.6 is 70.6 Å². The van der Waals surface area contributed by atoms with Crippen LogP contribution in [0.2, 0.25) is 0 Å². The average molecular weight is 339 g/mol. The highest BCUT2D eigenvalue weighted by atomic mass is 32.2. The highest BCUT2D eigenvalue weighted by Gasteiger charge is 2.09. The second-order valence-corrected chi connectivity index (χ2v) is 8.81. The summed E-state index contributed by atoms with van der Waals surface area (Å²) in [5.41, 5.74) is 0. The van der Waals surface area contributed by atoms with Crippen molar-refractivity contribution in [2.75, 3.05) is 5.75 Å². The molecule has 4 nitrogen and oxygen atoms in total. The van der Waals surface area contributed by atoms with Gasteiger partial charge in [0.25, 0.3) is 0 Å². The van der Waals surface area contributed by atoms with Crippen LogP contribution in [0.15, 0.2) is 8.68 Å². The molecule has 2 N–H and O–H groups in total. The summed E-state index contributed by atoms with van der Waals surface area (Å²) in [7, 11) is 0. The lowest BCUT2D eigenvalue weighted by Crippen LogP contribution is -1.99. The number of hydrogen-bond donors (Lipinski definition) is 2. The number of nitrogens with zero attached hydrogens (tertiary/aromatic N) is 2. The van der Waals surface area contributed by atoms with E-state index in [2.05, 4.69) is 20.4 Å². The Labute approximate surface area is 125 Å². The molecule has 1 unspecified atom stereocenters. The Morgan fingerprint density at radius 2 is 1.76 bits per heavy atom. The standard InChI is InChI=1S/C7H6N4S6/c1-3(15-7-11-9-5(13)17-7)2-14-6-10-8-4(12)16-6/h1,3H,2H2,(H,8,12)(H,9,13). The summed E-state index contributed by atoms with van der Waals surface area (Å²) in [6.07, 6.45) is 0. The molecule has 2 rings (SSSR count). The molecule has 0 aliphatic rings. The van der Waals surface area contributed by atoms with E-state index in [0.29, 0.717) is 7.91 Å². The van der Waals surface area contributed by atoms with E-state index in [-0.39, 0.29) is 5.25 Å². The average Bonchev–Trinajstić information content (AvgIpc) is 2.85. The number of aromatic amines is 2. The van der Waals surface area contributed by atoms with E-state index in [1.54, 1.807) is 11.8 Å². The number of nitrogens with one attached hydrogen (secondary N) is 2. The van der Waals surface area contributed by atoms with Crippen molar-refractivity contribution in [2.45, 2.75) is 13.9 Å². The second-order valence-electron chi connectivity index (χ2n) is 2.73. The Bertz CT molecular complexity index is 579. The van der Waals surface area contributed by atoms with Gasteiger partial charge in [-0.2, -0.15) is 10.2 Å². The Morgan fingerprint density at radius 3 is 2.29 bits per heavy atom. The van der Waals surface area contributed by atoms with Crippen molar-refractivity contribution in [2.24, 2.45) is 0 Å². The quantitative estimate of drug-likeness (QED) is 0.641. The van der Waals surface area contributed by atoms with E-state index < -0.39 is 0 Å². The van der Waals surface area contributed by atoms with Crippen LogP contribution in [0.3, 0.4) is 0 Å². The van der Waals surface area contributed by atoms with E-state index in [9.17, 15) is 0 Å². The lowest BCUT2D eigenvalue weighted by molar-refractivity contribution is 0.997. The first kappa shape index (κ1) is 13.7. The molecule has 0 amide bonds. The van der Waals surface area contributed by atoms with Gasteiger partial charge in [0.15, 0.2) is 16.6 Å². The topological polar surface area (TPSA) is 57.4 Å². The Hall–Kier alpha value is 0.260. The maximum Gasteiger partial charge on any atom is 0.177 e. The summed E-state index contributed by atoms with van der Waals surface area (Å²) in [6.45, 7) is 5.97. The first-order chi connectivity index (χ1) is 8.13. The van der Waals surface area contributed by atoms with Crippen LogP contribution in [-0.2, 0) is 0 Å². The number of H-pyrrole nitrogens is 2. The molecular formula is C7H6N4S6. The van der Waals surface area contributed by atoms with E-state index >= 15 is 0 Å². The predicted molar refractivity (Wildman–Crippen MR) is 79.3 cm³/mol. The molecular weight excluding hydrogens is 333 g/mol. The van der Waals surface area contributed by atoms with Gasteiger partial charge in [0.2, 0.25) is 0 Å². The van der Waals surface area contributed by atoms with Crippen LogP contribution in [0.25, 0.3) is 0 Å². The molecule has 0 spiro atoms. The van der Waals surface area contributed by atoms with Gasteiger partial charge in [0.05, 0.1) is 0 Å². The monoisotopic (exact) mass is 338 g/mol. The molecule has 0 bridgehead atoms. The lowest BCUT2D eigenvalue weighted by atomic mass is 10.6. The van der Waals surface area contributed by atoms with Crippen molar-refractivity contribution in [3.05, 3.63) is 14.8 Å². The van der Waals surface area contributed by atoms with Crippen LogP contribution in [0.1, 0.15) is 0 Å². The molecule has 90 valence electrons. The number of thioether (sulfide) groups is 2. The van der Waals surface area contributed by atoms with Gasteiger partial charge in [-0.1, -0.05) is 46.2 Å². The van der Waals surface area contributed by atoms with Crippen LogP contribution in [-0.4, -0.2) is 31.4 Å². The summed E-state index contributed by atoms with van der Waals surface area (Å²) in [5.74, 6) is 0.743. The summed E-state index contributed by atoms with van der Waals surface area (Å²) < 4.78 is 3.11. The zero-order chi connectivity index (χ0) is 12.3. The minimum Gasteiger partial charge on any atom is -0.257 e. The Balaban J connectivity index is 1.83. The highest BCUT2D eigenvalue weighted by Crippen LogP contribution is 2.29. The lowest BCUT2D eigenvalue weighted by Gasteiger charge is -2.05. The Morgan fingerprint density at radius 1 is 1.18 bits per heavy atom. The van der Waals surface area contributed by atoms with Gasteiger partial charge in [-0.25, -0.2) is 0 Å². The van der Waals surface area contributed by atoms with Gasteiger partial charge in [-0.3, -0.25) is 10.2 Å². The third-order valence-electron chi connectivity index (χ3n) is 1.46. The van der Waals surface area contributed by atoms with E-state index in [4.69, 9.17) is 31.4 Å². The van der Waals surface area contributed by atoms with Gasteiger partial charge < -0.3 is 0 Å². The molecule has 10 heteroatoms. The van der Waals surface area contributed by atoms with Crippen molar-refractivity contribution in [3.8, 4) is 0 Å². The molecule has 0 aliphatic heterocycles. The molecule has 0 saturated heterocycles. The number of rotatable bonds is 5.